The molecule has 0 aromatic heterocycles. The molecule has 2 heterocycles. The lowest BCUT2D eigenvalue weighted by Crippen LogP contribution is -2.50. The first kappa shape index (κ1) is 18.5. The molecule has 27 heavy (non-hydrogen) atoms. The molecule has 2 fully saturated rings. The van der Waals surface area contributed by atoms with Crippen molar-refractivity contribution in [2.24, 2.45) is 0 Å². The highest BCUT2D eigenvalue weighted by atomic mass is 16.5. The summed E-state index contributed by atoms with van der Waals surface area (Å²) in [5, 5.41) is 12.3. The molecule has 0 bridgehead atoms. The van der Waals surface area contributed by atoms with Crippen LogP contribution in [-0.4, -0.2) is 46.9 Å². The van der Waals surface area contributed by atoms with Crippen molar-refractivity contribution in [2.45, 2.75) is 76.3 Å². The molecule has 1 saturated carbocycles. The van der Waals surface area contributed by atoms with Gasteiger partial charge in [-0.25, -0.2) is 0 Å². The van der Waals surface area contributed by atoms with Crippen molar-refractivity contribution < 1.29 is 9.53 Å². The van der Waals surface area contributed by atoms with E-state index in [2.05, 4.69) is 4.90 Å². The summed E-state index contributed by atoms with van der Waals surface area (Å²) in [6.45, 7) is 2.12. The van der Waals surface area contributed by atoms with Crippen LogP contribution in [0.5, 0.6) is 0 Å². The Kier molecular flexibility index (Phi) is 5.77. The largest absolute Gasteiger partial charge is 0.618 e. The van der Waals surface area contributed by atoms with Crippen molar-refractivity contribution in [3.8, 4) is 0 Å². The number of carbonyl (C=O) groups is 1. The minimum atomic E-state index is 0.0465. The molecule has 5 nitrogen and oxygen atoms in total. The maximum Gasteiger partial charge on any atom is 0.240 e. The molecule has 146 valence electrons. The summed E-state index contributed by atoms with van der Waals surface area (Å²) in [6, 6.07) is 8.43. The third-order valence-electron chi connectivity index (χ3n) is 6.53. The summed E-state index contributed by atoms with van der Waals surface area (Å²) in [5.74, 6) is 0.0465. The van der Waals surface area contributed by atoms with Gasteiger partial charge < -0.3 is 15.0 Å². The molecule has 2 aliphatic heterocycles. The zero-order valence-electron chi connectivity index (χ0n) is 16.2. The maximum absolute atomic E-state index is 12.8. The van der Waals surface area contributed by atoms with Crippen LogP contribution in [-0.2, 0) is 4.79 Å². The molecule has 0 atom stereocenters. The molecule has 0 spiro atoms. The summed E-state index contributed by atoms with van der Waals surface area (Å²) in [4.78, 5) is 17.4. The normalized spacial score (nSPS) is 23.9. The first-order valence-corrected chi connectivity index (χ1v) is 10.7. The SMILES string of the molecule is O=C1CC=[N+]([O-])c2ccccc2N1C1CCN(C2CCCCCCC2)CC1. The van der Waals surface area contributed by atoms with E-state index < -0.39 is 0 Å². The summed E-state index contributed by atoms with van der Waals surface area (Å²) < 4.78 is 0.858. The summed E-state index contributed by atoms with van der Waals surface area (Å²) in [5.41, 5.74) is 1.36. The Morgan fingerprint density at radius 1 is 0.889 bits per heavy atom. The fraction of sp³-hybridized carbons (Fsp3) is 0.636. The molecule has 0 unspecified atom stereocenters. The van der Waals surface area contributed by atoms with Crippen molar-refractivity contribution in [1.29, 1.82) is 0 Å². The average molecular weight is 370 g/mol. The number of anilines is 1. The molecular weight excluding hydrogens is 338 g/mol. The van der Waals surface area contributed by atoms with Gasteiger partial charge in [-0.1, -0.05) is 44.2 Å². The number of hydrogen-bond acceptors (Lipinski definition) is 3. The van der Waals surface area contributed by atoms with E-state index >= 15 is 0 Å². The van der Waals surface area contributed by atoms with E-state index in [4.69, 9.17) is 0 Å². The Morgan fingerprint density at radius 3 is 2.30 bits per heavy atom. The number of hydrogen-bond donors (Lipinski definition) is 0. The van der Waals surface area contributed by atoms with Crippen LogP contribution >= 0.6 is 0 Å². The van der Waals surface area contributed by atoms with Gasteiger partial charge in [0.1, 0.15) is 12.1 Å². The van der Waals surface area contributed by atoms with Crippen LogP contribution in [0.1, 0.15) is 64.2 Å². The smallest absolute Gasteiger partial charge is 0.240 e. The van der Waals surface area contributed by atoms with E-state index in [0.29, 0.717) is 5.69 Å². The lowest BCUT2D eigenvalue weighted by atomic mass is 9.93. The van der Waals surface area contributed by atoms with Crippen LogP contribution in [0.25, 0.3) is 0 Å². The van der Waals surface area contributed by atoms with Gasteiger partial charge in [0.2, 0.25) is 11.6 Å². The third kappa shape index (κ3) is 4.03. The molecule has 0 N–H and O–H groups in total. The quantitative estimate of drug-likeness (QED) is 0.579. The number of amides is 1. The molecule has 1 aliphatic carbocycles. The second-order valence-electron chi connectivity index (χ2n) is 8.23. The van der Waals surface area contributed by atoms with E-state index in [1.54, 1.807) is 0 Å². The van der Waals surface area contributed by atoms with E-state index in [0.717, 1.165) is 42.4 Å². The van der Waals surface area contributed by atoms with Crippen LogP contribution in [0.4, 0.5) is 11.4 Å². The molecule has 0 radical (unpaired) electrons. The fourth-order valence-electron chi connectivity index (χ4n) is 5.06. The third-order valence-corrected chi connectivity index (χ3v) is 6.53. The van der Waals surface area contributed by atoms with Crippen LogP contribution in [0.3, 0.4) is 0 Å². The van der Waals surface area contributed by atoms with Crippen LogP contribution in [0.15, 0.2) is 24.3 Å². The van der Waals surface area contributed by atoms with E-state index in [9.17, 15) is 10.0 Å². The zero-order chi connectivity index (χ0) is 18.6. The number of piperidine rings is 1. The highest BCUT2D eigenvalue weighted by Gasteiger charge is 2.35. The van der Waals surface area contributed by atoms with Crippen molar-refractivity contribution >= 4 is 23.5 Å². The Morgan fingerprint density at radius 2 is 1.56 bits per heavy atom. The number of fused-ring (bicyclic) bond motifs is 1. The number of rotatable bonds is 2. The molecule has 1 amide bonds. The number of likely N-dealkylation sites (tertiary alicyclic amines) is 1. The van der Waals surface area contributed by atoms with Gasteiger partial charge in [0, 0.05) is 31.2 Å². The van der Waals surface area contributed by atoms with Gasteiger partial charge in [0.25, 0.3) is 0 Å². The van der Waals surface area contributed by atoms with E-state index in [1.807, 2.05) is 29.2 Å². The predicted octanol–water partition coefficient (Wildman–Crippen LogP) is 4.21. The van der Waals surface area contributed by atoms with Gasteiger partial charge in [-0.3, -0.25) is 4.79 Å². The highest BCUT2D eigenvalue weighted by Crippen LogP contribution is 2.34. The van der Waals surface area contributed by atoms with Crippen molar-refractivity contribution in [2.75, 3.05) is 18.0 Å². The van der Waals surface area contributed by atoms with Crippen molar-refractivity contribution in [3.63, 3.8) is 0 Å². The monoisotopic (exact) mass is 369 g/mol. The van der Waals surface area contributed by atoms with Gasteiger partial charge in [0.15, 0.2) is 6.21 Å². The molecule has 3 aliphatic rings. The summed E-state index contributed by atoms with van der Waals surface area (Å²) >= 11 is 0. The molecule has 5 heteroatoms. The maximum atomic E-state index is 12.8. The molecule has 1 aromatic rings. The molecule has 1 saturated heterocycles. The van der Waals surface area contributed by atoms with E-state index in [1.165, 1.54) is 51.2 Å². The van der Waals surface area contributed by atoms with E-state index in [-0.39, 0.29) is 18.4 Å². The average Bonchev–Trinajstić information content (AvgIpc) is 2.79. The number of nitrogens with zero attached hydrogens (tertiary/aromatic N) is 3. The number of carbonyl (C=O) groups excluding carboxylic acids is 1. The van der Waals surface area contributed by atoms with Gasteiger partial charge in [-0.2, -0.15) is 4.74 Å². The lowest BCUT2D eigenvalue weighted by molar-refractivity contribution is -0.354. The Balaban J connectivity index is 1.46. The van der Waals surface area contributed by atoms with Crippen LogP contribution < -0.4 is 4.90 Å². The topological polar surface area (TPSA) is 49.6 Å². The Bertz CT molecular complexity index is 687. The standard InChI is InChI=1S/C22H31N3O2/c26-22-14-17-24(27)20-10-6-7-11-21(20)25(22)19-12-15-23(16-13-19)18-8-4-2-1-3-5-9-18/h6-7,10-11,17-19H,1-5,8-9,12-16H2. The molecule has 4 rings (SSSR count). The lowest BCUT2D eigenvalue weighted by Gasteiger charge is -2.41. The minimum absolute atomic E-state index is 0.0465. The van der Waals surface area contributed by atoms with Gasteiger partial charge in [-0.05, 0) is 31.7 Å². The molecular formula is C22H31N3O2. The minimum Gasteiger partial charge on any atom is -0.618 e. The highest BCUT2D eigenvalue weighted by molar-refractivity contribution is 6.03. The number of para-hydroxylation sites is 2. The summed E-state index contributed by atoms with van der Waals surface area (Å²) in [7, 11) is 0. The zero-order valence-corrected chi connectivity index (χ0v) is 16.2. The van der Waals surface area contributed by atoms with Crippen molar-refractivity contribution in [1.82, 2.24) is 4.90 Å². The van der Waals surface area contributed by atoms with Crippen LogP contribution in [0, 0.1) is 5.21 Å². The summed E-state index contributed by atoms with van der Waals surface area (Å²) in [6.07, 6.45) is 13.2. The first-order chi connectivity index (χ1) is 13.2. The Labute approximate surface area is 162 Å². The first-order valence-electron chi connectivity index (χ1n) is 10.7. The molecule has 1 aromatic carbocycles. The van der Waals surface area contributed by atoms with Gasteiger partial charge >= 0.3 is 0 Å². The predicted molar refractivity (Wildman–Crippen MR) is 109 cm³/mol. The Hall–Kier alpha value is -1.88. The van der Waals surface area contributed by atoms with Crippen LogP contribution in [0.2, 0.25) is 0 Å². The van der Waals surface area contributed by atoms with Crippen molar-refractivity contribution in [3.05, 3.63) is 29.5 Å². The van der Waals surface area contributed by atoms with Gasteiger partial charge in [0.05, 0.1) is 0 Å². The second-order valence-corrected chi connectivity index (χ2v) is 8.23. The van der Waals surface area contributed by atoms with Gasteiger partial charge in [-0.15, -0.1) is 0 Å². The fourth-order valence-corrected chi connectivity index (χ4v) is 5.06. The second kappa shape index (κ2) is 8.42. The number of benzene rings is 1.